The number of nitrogens with two attached hydrogens (primary N) is 1. The lowest BCUT2D eigenvalue weighted by Gasteiger charge is -2.48. The Balaban J connectivity index is 1.66. The van der Waals surface area contributed by atoms with Crippen molar-refractivity contribution in [2.45, 2.75) is 37.8 Å². The Kier molecular flexibility index (Phi) is 4.77. The molecule has 5 rings (SSSR count). The molecule has 0 spiro atoms. The minimum atomic E-state index is -4.10. The summed E-state index contributed by atoms with van der Waals surface area (Å²) in [5.41, 5.74) is 6.04. The minimum absolute atomic E-state index is 0.0283. The smallest absolute Gasteiger partial charge is 0.359 e. The van der Waals surface area contributed by atoms with Gasteiger partial charge in [-0.2, -0.15) is 8.42 Å². The predicted octanol–water partition coefficient (Wildman–Crippen LogP) is 2.07. The molecule has 2 fully saturated rings. The van der Waals surface area contributed by atoms with Crippen LogP contribution in [0.2, 0.25) is 0 Å². The zero-order chi connectivity index (χ0) is 23.7. The number of carbonyl (C=O) groups is 1. The number of hydrogen-bond acceptors (Lipinski definition) is 8. The van der Waals surface area contributed by atoms with Gasteiger partial charge in [-0.25, -0.2) is 14.2 Å². The molecular formula is C22H23FN4O5S. The number of benzene rings is 1. The Morgan fingerprint density at radius 2 is 2.00 bits per heavy atom. The number of fused-ring (bicyclic) bond motifs is 2. The van der Waals surface area contributed by atoms with Crippen molar-refractivity contribution < 1.29 is 21.8 Å². The average Bonchev–Trinajstić information content (AvgIpc) is 3.54. The minimum Gasteiger partial charge on any atom is -0.365 e. The molecule has 0 bridgehead atoms. The zero-order valence-corrected chi connectivity index (χ0v) is 19.0. The first-order valence-electron chi connectivity index (χ1n) is 10.6. The van der Waals surface area contributed by atoms with Crippen molar-refractivity contribution in [3.8, 4) is 0 Å². The van der Waals surface area contributed by atoms with Crippen LogP contribution in [0.5, 0.6) is 0 Å². The van der Waals surface area contributed by atoms with Crippen LogP contribution < -0.4 is 16.1 Å². The molecule has 2 aliphatic rings. The summed E-state index contributed by atoms with van der Waals surface area (Å²) < 4.78 is 43.8. The molecule has 2 aromatic heterocycles. The highest BCUT2D eigenvalue weighted by Crippen LogP contribution is 2.38. The van der Waals surface area contributed by atoms with Gasteiger partial charge in [0.25, 0.3) is 0 Å². The van der Waals surface area contributed by atoms with E-state index >= 15 is 0 Å². The summed E-state index contributed by atoms with van der Waals surface area (Å²) in [5, 5.41) is 0.493. The van der Waals surface area contributed by atoms with Gasteiger partial charge >= 0.3 is 16.1 Å². The van der Waals surface area contributed by atoms with E-state index in [0.29, 0.717) is 35.3 Å². The second-order valence-corrected chi connectivity index (χ2v) is 10.6. The van der Waals surface area contributed by atoms with E-state index in [1.54, 1.807) is 10.6 Å². The SMILES string of the molecule is CCC1(N)CN(c2cc3nc4c(cc3cc2F)c(=O)c(C(=O)OS(C)(=O)=O)cn4C2CC2)C1. The molecule has 0 atom stereocenters. The first kappa shape index (κ1) is 21.8. The van der Waals surface area contributed by atoms with Crippen LogP contribution in [0.15, 0.2) is 29.2 Å². The number of carbonyl (C=O) groups excluding carboxylic acids is 1. The van der Waals surface area contributed by atoms with Crippen LogP contribution in [0.1, 0.15) is 42.6 Å². The van der Waals surface area contributed by atoms with Gasteiger partial charge in [0.1, 0.15) is 17.0 Å². The summed E-state index contributed by atoms with van der Waals surface area (Å²) in [5.74, 6) is -1.71. The third-order valence-electron chi connectivity index (χ3n) is 6.31. The van der Waals surface area contributed by atoms with Gasteiger partial charge in [-0.05, 0) is 37.5 Å². The molecule has 9 nitrogen and oxygen atoms in total. The Bertz CT molecular complexity index is 1490. The van der Waals surface area contributed by atoms with Crippen LogP contribution in [-0.2, 0) is 14.3 Å². The van der Waals surface area contributed by atoms with Crippen molar-refractivity contribution in [2.75, 3.05) is 24.2 Å². The van der Waals surface area contributed by atoms with Crippen LogP contribution in [0, 0.1) is 5.82 Å². The summed E-state index contributed by atoms with van der Waals surface area (Å²) in [6, 6.07) is 4.47. The third-order valence-corrected chi connectivity index (χ3v) is 6.76. The van der Waals surface area contributed by atoms with Crippen LogP contribution in [0.25, 0.3) is 21.9 Å². The molecule has 2 N–H and O–H groups in total. The Morgan fingerprint density at radius 1 is 1.30 bits per heavy atom. The molecule has 3 aromatic rings. The third kappa shape index (κ3) is 3.84. The molecule has 1 saturated carbocycles. The highest BCUT2D eigenvalue weighted by Gasteiger charge is 2.39. The summed E-state index contributed by atoms with van der Waals surface area (Å²) in [4.78, 5) is 31.9. The Labute approximate surface area is 189 Å². The van der Waals surface area contributed by atoms with E-state index in [0.717, 1.165) is 25.5 Å². The van der Waals surface area contributed by atoms with E-state index in [-0.39, 0.29) is 17.0 Å². The maximum Gasteiger partial charge on any atom is 0.359 e. The van der Waals surface area contributed by atoms with E-state index in [1.165, 1.54) is 18.3 Å². The molecule has 3 heterocycles. The number of hydrogen-bond donors (Lipinski definition) is 1. The van der Waals surface area contributed by atoms with Gasteiger partial charge in [-0.1, -0.05) is 6.92 Å². The van der Waals surface area contributed by atoms with Crippen molar-refractivity contribution >= 4 is 43.7 Å². The normalized spacial score (nSPS) is 17.9. The van der Waals surface area contributed by atoms with Crippen LogP contribution in [0.4, 0.5) is 10.1 Å². The standard InChI is InChI=1S/C22H23FN4O5S/c1-3-22(24)10-26(11-22)18-8-17-12(7-16(18)23)6-14-19(28)15(21(29)32-33(2,30)31)9-27(13-4-5-13)20(14)25-17/h6-9,13H,3-5,10-11,24H2,1-2H3. The maximum atomic E-state index is 14.9. The predicted molar refractivity (Wildman–Crippen MR) is 121 cm³/mol. The summed E-state index contributed by atoms with van der Waals surface area (Å²) >= 11 is 0. The second kappa shape index (κ2) is 7.22. The first-order valence-corrected chi connectivity index (χ1v) is 12.5. The van der Waals surface area contributed by atoms with Gasteiger partial charge in [-0.15, -0.1) is 0 Å². The second-order valence-electron chi connectivity index (χ2n) is 9.01. The number of pyridine rings is 2. The van der Waals surface area contributed by atoms with E-state index in [4.69, 9.17) is 5.73 Å². The lowest BCUT2D eigenvalue weighted by molar-refractivity contribution is 0.0746. The van der Waals surface area contributed by atoms with Gasteiger partial charge in [-0.3, -0.25) is 4.79 Å². The Hall–Kier alpha value is -3.05. The van der Waals surface area contributed by atoms with E-state index in [2.05, 4.69) is 9.17 Å². The fourth-order valence-electron chi connectivity index (χ4n) is 4.25. The largest absolute Gasteiger partial charge is 0.365 e. The molecule has 0 radical (unpaired) electrons. The zero-order valence-electron chi connectivity index (χ0n) is 18.2. The maximum absolute atomic E-state index is 14.9. The quantitative estimate of drug-likeness (QED) is 0.440. The summed E-state index contributed by atoms with van der Waals surface area (Å²) in [6.45, 7) is 3.08. The van der Waals surface area contributed by atoms with Crippen LogP contribution >= 0.6 is 0 Å². The van der Waals surface area contributed by atoms with Crippen molar-refractivity contribution in [3.63, 3.8) is 0 Å². The molecule has 1 saturated heterocycles. The molecule has 0 unspecified atom stereocenters. The average molecular weight is 475 g/mol. The summed E-state index contributed by atoms with van der Waals surface area (Å²) in [7, 11) is -4.10. The van der Waals surface area contributed by atoms with Gasteiger partial charge in [0, 0.05) is 30.7 Å². The number of rotatable bonds is 5. The Morgan fingerprint density at radius 3 is 2.61 bits per heavy atom. The molecular weight excluding hydrogens is 451 g/mol. The molecule has 1 aliphatic carbocycles. The van der Waals surface area contributed by atoms with Crippen LogP contribution in [0.3, 0.4) is 0 Å². The molecule has 0 amide bonds. The van der Waals surface area contributed by atoms with E-state index < -0.39 is 32.9 Å². The molecule has 11 heteroatoms. The monoisotopic (exact) mass is 474 g/mol. The van der Waals surface area contributed by atoms with Gasteiger partial charge in [0.15, 0.2) is 0 Å². The van der Waals surface area contributed by atoms with Gasteiger partial charge < -0.3 is 19.4 Å². The number of anilines is 1. The molecule has 1 aliphatic heterocycles. The number of nitrogens with zero attached hydrogens (tertiary/aromatic N) is 3. The van der Waals surface area contributed by atoms with Gasteiger partial charge in [0.2, 0.25) is 5.43 Å². The van der Waals surface area contributed by atoms with Gasteiger partial charge in [0.05, 0.1) is 28.4 Å². The molecule has 33 heavy (non-hydrogen) atoms. The number of aromatic nitrogens is 2. The summed E-state index contributed by atoms with van der Waals surface area (Å²) in [6.07, 6.45) is 4.48. The number of halogens is 1. The topological polar surface area (TPSA) is 125 Å². The van der Waals surface area contributed by atoms with Crippen molar-refractivity contribution in [3.05, 3.63) is 46.0 Å². The van der Waals surface area contributed by atoms with Crippen molar-refractivity contribution in [1.29, 1.82) is 0 Å². The van der Waals surface area contributed by atoms with E-state index in [1.807, 2.05) is 11.8 Å². The molecule has 1 aromatic carbocycles. The van der Waals surface area contributed by atoms with Crippen molar-refractivity contribution in [2.24, 2.45) is 5.73 Å². The fourth-order valence-corrected chi connectivity index (χ4v) is 4.61. The van der Waals surface area contributed by atoms with Crippen molar-refractivity contribution in [1.82, 2.24) is 9.55 Å². The highest BCUT2D eigenvalue weighted by molar-refractivity contribution is 7.86. The highest BCUT2D eigenvalue weighted by atomic mass is 32.2. The fraction of sp³-hybridized carbons (Fsp3) is 0.409. The lowest BCUT2D eigenvalue weighted by atomic mass is 9.87. The lowest BCUT2D eigenvalue weighted by Crippen LogP contribution is -2.67. The van der Waals surface area contributed by atoms with Crippen LogP contribution in [-0.4, -0.2) is 48.8 Å². The first-order chi connectivity index (χ1) is 15.5. The molecule has 174 valence electrons. The van der Waals surface area contributed by atoms with E-state index in [9.17, 15) is 22.4 Å².